The lowest BCUT2D eigenvalue weighted by molar-refractivity contribution is 0.0829. The molecule has 19 heavy (non-hydrogen) atoms. The first-order valence-corrected chi connectivity index (χ1v) is 6.81. The molecule has 1 aromatic heterocycles. The number of carbonyl (C=O) groups is 1. The molecule has 0 spiro atoms. The van der Waals surface area contributed by atoms with Crippen molar-refractivity contribution in [1.82, 2.24) is 15.8 Å². The van der Waals surface area contributed by atoms with Crippen molar-refractivity contribution in [3.63, 3.8) is 0 Å². The zero-order valence-corrected chi connectivity index (χ0v) is 10.7. The predicted octanol–water partition coefficient (Wildman–Crippen LogP) is 1.37. The molecule has 1 aliphatic heterocycles. The Bertz CT molecular complexity index is 464. The molecule has 0 unspecified atom stereocenters. The Balaban J connectivity index is 1.55. The van der Waals surface area contributed by atoms with E-state index in [4.69, 9.17) is 4.52 Å². The van der Waals surface area contributed by atoms with Crippen molar-refractivity contribution in [2.45, 2.75) is 37.3 Å². The van der Waals surface area contributed by atoms with Gasteiger partial charge < -0.3 is 15.2 Å². The maximum Gasteiger partial charge on any atom is 0.273 e. The number of hydrogen-bond acceptors (Lipinski definition) is 4. The van der Waals surface area contributed by atoms with Crippen LogP contribution < -0.4 is 10.6 Å². The SMILES string of the molecule is O=C(NCC1(F)CCNCC1)c1cc(C2CC2)on1. The molecule has 1 aromatic rings. The normalized spacial score (nSPS) is 22.2. The summed E-state index contributed by atoms with van der Waals surface area (Å²) in [6, 6.07) is 1.67. The van der Waals surface area contributed by atoms with Crippen molar-refractivity contribution in [2.75, 3.05) is 19.6 Å². The number of aromatic nitrogens is 1. The molecule has 0 atom stereocenters. The minimum absolute atomic E-state index is 0.0408. The maximum absolute atomic E-state index is 14.3. The van der Waals surface area contributed by atoms with Gasteiger partial charge in [-0.05, 0) is 38.8 Å². The van der Waals surface area contributed by atoms with Gasteiger partial charge in [-0.1, -0.05) is 5.16 Å². The Kier molecular flexibility index (Phi) is 3.26. The number of piperidine rings is 1. The van der Waals surface area contributed by atoms with Crippen molar-refractivity contribution in [3.8, 4) is 0 Å². The van der Waals surface area contributed by atoms with Gasteiger partial charge in [-0.3, -0.25) is 4.79 Å². The van der Waals surface area contributed by atoms with E-state index >= 15 is 0 Å². The molecular weight excluding hydrogens is 249 g/mol. The molecule has 104 valence electrons. The van der Waals surface area contributed by atoms with E-state index in [0.717, 1.165) is 18.6 Å². The van der Waals surface area contributed by atoms with E-state index in [9.17, 15) is 9.18 Å². The minimum Gasteiger partial charge on any atom is -0.360 e. The van der Waals surface area contributed by atoms with Crippen LogP contribution in [0.25, 0.3) is 0 Å². The van der Waals surface area contributed by atoms with Gasteiger partial charge in [-0.15, -0.1) is 0 Å². The zero-order chi connectivity index (χ0) is 13.3. The van der Waals surface area contributed by atoms with Crippen LogP contribution >= 0.6 is 0 Å². The van der Waals surface area contributed by atoms with Crippen LogP contribution in [0.4, 0.5) is 4.39 Å². The topological polar surface area (TPSA) is 67.2 Å². The van der Waals surface area contributed by atoms with Crippen molar-refractivity contribution >= 4 is 5.91 Å². The average Bonchev–Trinajstić information content (AvgIpc) is 3.15. The van der Waals surface area contributed by atoms with E-state index in [0.29, 0.717) is 31.8 Å². The van der Waals surface area contributed by atoms with E-state index in [2.05, 4.69) is 15.8 Å². The van der Waals surface area contributed by atoms with E-state index in [1.165, 1.54) is 0 Å². The number of hydrogen-bond donors (Lipinski definition) is 2. The average molecular weight is 267 g/mol. The van der Waals surface area contributed by atoms with Crippen LogP contribution in [0.1, 0.15) is 47.8 Å². The Morgan fingerprint density at radius 2 is 2.26 bits per heavy atom. The third-order valence-corrected chi connectivity index (χ3v) is 3.81. The zero-order valence-electron chi connectivity index (χ0n) is 10.7. The highest BCUT2D eigenvalue weighted by Gasteiger charge is 2.33. The molecule has 1 saturated heterocycles. The quantitative estimate of drug-likeness (QED) is 0.864. The summed E-state index contributed by atoms with van der Waals surface area (Å²) in [4.78, 5) is 11.9. The minimum atomic E-state index is -1.30. The van der Waals surface area contributed by atoms with E-state index < -0.39 is 5.67 Å². The molecule has 3 rings (SSSR count). The predicted molar refractivity (Wildman–Crippen MR) is 66.8 cm³/mol. The van der Waals surface area contributed by atoms with Crippen LogP contribution in [0, 0.1) is 0 Å². The molecule has 0 radical (unpaired) electrons. The molecule has 0 aromatic carbocycles. The summed E-state index contributed by atoms with van der Waals surface area (Å²) in [6.45, 7) is 1.35. The molecule has 0 bridgehead atoms. The van der Waals surface area contributed by atoms with Gasteiger partial charge >= 0.3 is 0 Å². The van der Waals surface area contributed by atoms with Gasteiger partial charge in [0.05, 0.1) is 6.54 Å². The summed E-state index contributed by atoms with van der Waals surface area (Å²) in [5.41, 5.74) is -1.05. The largest absolute Gasteiger partial charge is 0.360 e. The van der Waals surface area contributed by atoms with Gasteiger partial charge in [0.1, 0.15) is 11.4 Å². The Hall–Kier alpha value is -1.43. The standard InChI is InChI=1S/C13H18FN3O2/c14-13(3-5-15-6-4-13)8-16-12(18)10-7-11(19-17-10)9-1-2-9/h7,9,15H,1-6,8H2,(H,16,18). The fourth-order valence-corrected chi connectivity index (χ4v) is 2.34. The molecule has 1 aliphatic carbocycles. The summed E-state index contributed by atoms with van der Waals surface area (Å²) >= 11 is 0. The molecule has 5 nitrogen and oxygen atoms in total. The Morgan fingerprint density at radius 3 is 2.95 bits per heavy atom. The van der Waals surface area contributed by atoms with Crippen LogP contribution in [-0.4, -0.2) is 36.4 Å². The van der Waals surface area contributed by atoms with Crippen LogP contribution in [0.3, 0.4) is 0 Å². The third kappa shape index (κ3) is 2.94. The first kappa shape index (κ1) is 12.6. The highest BCUT2D eigenvalue weighted by Crippen LogP contribution is 2.40. The van der Waals surface area contributed by atoms with Gasteiger partial charge in [-0.2, -0.15) is 0 Å². The van der Waals surface area contributed by atoms with Crippen molar-refractivity contribution < 1.29 is 13.7 Å². The lowest BCUT2D eigenvalue weighted by atomic mass is 9.94. The molecule has 1 saturated carbocycles. The molecule has 2 N–H and O–H groups in total. The number of carbonyl (C=O) groups excluding carboxylic acids is 1. The Labute approximate surface area is 110 Å². The fourth-order valence-electron chi connectivity index (χ4n) is 2.34. The maximum atomic E-state index is 14.3. The second-order valence-electron chi connectivity index (χ2n) is 5.47. The number of amides is 1. The van der Waals surface area contributed by atoms with E-state index in [1.807, 2.05) is 0 Å². The monoisotopic (exact) mass is 267 g/mol. The van der Waals surface area contributed by atoms with Crippen LogP contribution in [0.2, 0.25) is 0 Å². The lowest BCUT2D eigenvalue weighted by Gasteiger charge is -2.29. The summed E-state index contributed by atoms with van der Waals surface area (Å²) < 4.78 is 19.4. The molecule has 2 fully saturated rings. The smallest absolute Gasteiger partial charge is 0.273 e. The van der Waals surface area contributed by atoms with Gasteiger partial charge in [0, 0.05) is 12.0 Å². The van der Waals surface area contributed by atoms with E-state index in [1.54, 1.807) is 6.07 Å². The molecular formula is C13H18FN3O2. The molecule has 6 heteroatoms. The Morgan fingerprint density at radius 1 is 1.53 bits per heavy atom. The fraction of sp³-hybridized carbons (Fsp3) is 0.692. The summed E-state index contributed by atoms with van der Waals surface area (Å²) in [7, 11) is 0. The number of alkyl halides is 1. The summed E-state index contributed by atoms with van der Waals surface area (Å²) in [6.07, 6.45) is 3.05. The lowest BCUT2D eigenvalue weighted by Crippen LogP contribution is -2.46. The van der Waals surface area contributed by atoms with Crippen molar-refractivity contribution in [1.29, 1.82) is 0 Å². The number of nitrogens with zero attached hydrogens (tertiary/aromatic N) is 1. The van der Waals surface area contributed by atoms with Crippen LogP contribution in [-0.2, 0) is 0 Å². The van der Waals surface area contributed by atoms with Crippen LogP contribution in [0.15, 0.2) is 10.6 Å². The van der Waals surface area contributed by atoms with E-state index in [-0.39, 0.29) is 18.1 Å². The van der Waals surface area contributed by atoms with Gasteiger partial charge in [0.2, 0.25) is 0 Å². The second-order valence-corrected chi connectivity index (χ2v) is 5.47. The van der Waals surface area contributed by atoms with Gasteiger partial charge in [-0.25, -0.2) is 4.39 Å². The van der Waals surface area contributed by atoms with Gasteiger partial charge in [0.15, 0.2) is 5.69 Å². The second kappa shape index (κ2) is 4.92. The third-order valence-electron chi connectivity index (χ3n) is 3.81. The van der Waals surface area contributed by atoms with Crippen LogP contribution in [0.5, 0.6) is 0 Å². The summed E-state index contributed by atoms with van der Waals surface area (Å²) in [5.74, 6) is 0.833. The van der Waals surface area contributed by atoms with Crippen molar-refractivity contribution in [3.05, 3.63) is 17.5 Å². The van der Waals surface area contributed by atoms with Gasteiger partial charge in [0.25, 0.3) is 5.91 Å². The molecule has 2 aliphatic rings. The first-order valence-electron chi connectivity index (χ1n) is 6.81. The first-order chi connectivity index (χ1) is 9.16. The number of nitrogens with one attached hydrogen (secondary N) is 2. The number of halogens is 1. The summed E-state index contributed by atoms with van der Waals surface area (Å²) in [5, 5.41) is 9.46. The number of rotatable bonds is 4. The molecule has 2 heterocycles. The van der Waals surface area contributed by atoms with Crippen molar-refractivity contribution in [2.24, 2.45) is 0 Å². The highest BCUT2D eigenvalue weighted by molar-refractivity contribution is 5.92. The highest BCUT2D eigenvalue weighted by atomic mass is 19.1. The molecule has 1 amide bonds.